The van der Waals surface area contributed by atoms with Gasteiger partial charge in [0, 0.05) is 41.7 Å². The first kappa shape index (κ1) is 21.5. The van der Waals surface area contributed by atoms with Crippen molar-refractivity contribution in [2.45, 2.75) is 42.4 Å². The highest BCUT2D eigenvalue weighted by Gasteiger charge is 2.40. The number of aromatic nitrogens is 3. The maximum atomic E-state index is 14.1. The van der Waals surface area contributed by atoms with Crippen LogP contribution >= 0.6 is 0 Å². The molecule has 176 valence electrons. The minimum atomic E-state index is -3.90. The van der Waals surface area contributed by atoms with Crippen LogP contribution in [0.25, 0.3) is 22.0 Å². The lowest BCUT2D eigenvalue weighted by molar-refractivity contribution is -0.181. The zero-order chi connectivity index (χ0) is 23.3. The highest BCUT2D eigenvalue weighted by atomic mass is 32.2. The molecule has 3 heterocycles. The van der Waals surface area contributed by atoms with Gasteiger partial charge in [-0.2, -0.15) is 5.10 Å². The van der Waals surface area contributed by atoms with Crippen LogP contribution in [0, 0.1) is 5.82 Å². The summed E-state index contributed by atoms with van der Waals surface area (Å²) in [5, 5.41) is 5.24. The standard InChI is InChI=1S/C25H24FN3O4S/c26-19-6-7-22-23(17-29(24(22)14-19)34(30,31)21-4-2-1-3-5-21)18-15-27-28(16-18)20-8-10-25(11-9-20)32-12-13-33-25/h1-7,14-17,20H,8-13H2. The Kier molecular flexibility index (Phi) is 5.09. The quantitative estimate of drug-likeness (QED) is 0.421. The van der Waals surface area contributed by atoms with E-state index in [9.17, 15) is 12.8 Å². The third-order valence-electron chi connectivity index (χ3n) is 6.85. The number of nitrogens with zero attached hydrogens (tertiary/aromatic N) is 3. The zero-order valence-corrected chi connectivity index (χ0v) is 19.2. The highest BCUT2D eigenvalue weighted by Crippen LogP contribution is 2.41. The summed E-state index contributed by atoms with van der Waals surface area (Å²) in [6.45, 7) is 1.29. The lowest BCUT2D eigenvalue weighted by Gasteiger charge is -2.35. The van der Waals surface area contributed by atoms with Crippen LogP contribution in [0.5, 0.6) is 0 Å². The van der Waals surface area contributed by atoms with Crippen molar-refractivity contribution in [3.05, 3.63) is 72.9 Å². The third kappa shape index (κ3) is 3.55. The van der Waals surface area contributed by atoms with Gasteiger partial charge in [0.05, 0.1) is 35.9 Å². The summed E-state index contributed by atoms with van der Waals surface area (Å²) in [6.07, 6.45) is 8.65. The molecule has 1 saturated heterocycles. The van der Waals surface area contributed by atoms with Crippen LogP contribution < -0.4 is 0 Å². The van der Waals surface area contributed by atoms with Gasteiger partial charge in [-0.15, -0.1) is 0 Å². The topological polar surface area (TPSA) is 75.4 Å². The molecule has 7 nitrogen and oxygen atoms in total. The summed E-state index contributed by atoms with van der Waals surface area (Å²) in [5.41, 5.74) is 1.77. The predicted molar refractivity (Wildman–Crippen MR) is 124 cm³/mol. The van der Waals surface area contributed by atoms with E-state index in [2.05, 4.69) is 5.10 Å². The van der Waals surface area contributed by atoms with E-state index >= 15 is 0 Å². The molecule has 2 aliphatic rings. The minimum absolute atomic E-state index is 0.144. The van der Waals surface area contributed by atoms with E-state index in [0.29, 0.717) is 29.7 Å². The molecule has 0 N–H and O–H groups in total. The van der Waals surface area contributed by atoms with Gasteiger partial charge >= 0.3 is 0 Å². The second kappa shape index (κ2) is 8.04. The van der Waals surface area contributed by atoms with Crippen molar-refractivity contribution in [3.8, 4) is 11.1 Å². The molecule has 0 atom stereocenters. The molecule has 0 unspecified atom stereocenters. The van der Waals surface area contributed by atoms with E-state index in [0.717, 1.165) is 35.2 Å². The van der Waals surface area contributed by atoms with Crippen molar-refractivity contribution >= 4 is 20.9 Å². The number of halogens is 1. The van der Waals surface area contributed by atoms with Gasteiger partial charge in [-0.3, -0.25) is 4.68 Å². The molecular formula is C25H24FN3O4S. The summed E-state index contributed by atoms with van der Waals surface area (Å²) in [7, 11) is -3.90. The van der Waals surface area contributed by atoms with E-state index in [1.165, 1.54) is 24.3 Å². The molecule has 2 aromatic heterocycles. The summed E-state index contributed by atoms with van der Waals surface area (Å²) < 4.78 is 55.7. The Balaban J connectivity index is 1.37. The molecule has 0 amide bonds. The Morgan fingerprint density at radius 1 is 1.00 bits per heavy atom. The summed E-state index contributed by atoms with van der Waals surface area (Å²) in [5.74, 6) is -0.930. The maximum absolute atomic E-state index is 14.1. The van der Waals surface area contributed by atoms with Crippen molar-refractivity contribution in [2.75, 3.05) is 13.2 Å². The van der Waals surface area contributed by atoms with Gasteiger partial charge in [-0.05, 0) is 43.2 Å². The van der Waals surface area contributed by atoms with E-state index in [4.69, 9.17) is 9.47 Å². The van der Waals surface area contributed by atoms with Crippen LogP contribution in [-0.4, -0.2) is 41.2 Å². The number of hydrogen-bond acceptors (Lipinski definition) is 5. The van der Waals surface area contributed by atoms with Gasteiger partial charge in [0.2, 0.25) is 0 Å². The third-order valence-corrected chi connectivity index (χ3v) is 8.54. The van der Waals surface area contributed by atoms with E-state index in [1.54, 1.807) is 36.7 Å². The molecular weight excluding hydrogens is 457 g/mol. The van der Waals surface area contributed by atoms with Crippen LogP contribution in [0.1, 0.15) is 31.7 Å². The molecule has 0 bridgehead atoms. The second-order valence-electron chi connectivity index (χ2n) is 8.87. The average molecular weight is 482 g/mol. The molecule has 1 aliphatic carbocycles. The number of benzene rings is 2. The molecule has 9 heteroatoms. The smallest absolute Gasteiger partial charge is 0.268 e. The van der Waals surface area contributed by atoms with Gasteiger partial charge in [0.25, 0.3) is 10.0 Å². The van der Waals surface area contributed by atoms with Gasteiger partial charge in [0.1, 0.15) is 5.82 Å². The fraction of sp³-hybridized carbons (Fsp3) is 0.320. The molecule has 2 aromatic carbocycles. The number of fused-ring (bicyclic) bond motifs is 1. The first-order valence-electron chi connectivity index (χ1n) is 11.4. The van der Waals surface area contributed by atoms with E-state index < -0.39 is 21.6 Å². The van der Waals surface area contributed by atoms with E-state index in [-0.39, 0.29) is 10.9 Å². The van der Waals surface area contributed by atoms with Gasteiger partial charge in [-0.25, -0.2) is 16.8 Å². The fourth-order valence-corrected chi connectivity index (χ4v) is 6.46. The van der Waals surface area contributed by atoms with Crippen LogP contribution in [0.15, 0.2) is 72.0 Å². The number of rotatable bonds is 4. The molecule has 0 radical (unpaired) electrons. The fourth-order valence-electron chi connectivity index (χ4n) is 5.08. The zero-order valence-electron chi connectivity index (χ0n) is 18.4. The van der Waals surface area contributed by atoms with Crippen LogP contribution in [0.3, 0.4) is 0 Å². The Hall–Kier alpha value is -3.01. The summed E-state index contributed by atoms with van der Waals surface area (Å²) in [4.78, 5) is 0.144. The molecule has 6 rings (SSSR count). The van der Waals surface area contributed by atoms with E-state index in [1.807, 2.05) is 10.9 Å². The molecule has 1 aliphatic heterocycles. The normalized spacial score (nSPS) is 18.7. The maximum Gasteiger partial charge on any atom is 0.268 e. The molecule has 1 spiro atoms. The van der Waals surface area contributed by atoms with Crippen molar-refractivity contribution in [2.24, 2.45) is 0 Å². The molecule has 2 fully saturated rings. The van der Waals surface area contributed by atoms with Crippen molar-refractivity contribution in [3.63, 3.8) is 0 Å². The van der Waals surface area contributed by atoms with Crippen molar-refractivity contribution < 1.29 is 22.3 Å². The Labute approximate surface area is 196 Å². The summed E-state index contributed by atoms with van der Waals surface area (Å²) >= 11 is 0. The Morgan fingerprint density at radius 3 is 2.47 bits per heavy atom. The van der Waals surface area contributed by atoms with Crippen LogP contribution in [0.4, 0.5) is 4.39 Å². The Morgan fingerprint density at radius 2 is 1.74 bits per heavy atom. The molecule has 34 heavy (non-hydrogen) atoms. The lowest BCUT2D eigenvalue weighted by atomic mass is 9.90. The minimum Gasteiger partial charge on any atom is -0.348 e. The van der Waals surface area contributed by atoms with Gasteiger partial charge in [-0.1, -0.05) is 18.2 Å². The highest BCUT2D eigenvalue weighted by molar-refractivity contribution is 7.90. The molecule has 4 aromatic rings. The predicted octanol–water partition coefficient (Wildman–Crippen LogP) is 4.74. The number of hydrogen-bond donors (Lipinski definition) is 0. The van der Waals surface area contributed by atoms with Crippen LogP contribution in [-0.2, 0) is 19.5 Å². The molecule has 1 saturated carbocycles. The Bertz CT molecular complexity index is 1450. The second-order valence-corrected chi connectivity index (χ2v) is 10.7. The SMILES string of the molecule is O=S(=O)(c1ccccc1)n1cc(-c2cnn(C3CCC4(CC3)OCCO4)c2)c2ccc(F)cc21. The van der Waals surface area contributed by atoms with Crippen molar-refractivity contribution in [1.82, 2.24) is 13.8 Å². The first-order chi connectivity index (χ1) is 16.5. The van der Waals surface area contributed by atoms with Crippen molar-refractivity contribution in [1.29, 1.82) is 0 Å². The summed E-state index contributed by atoms with van der Waals surface area (Å²) in [6, 6.07) is 12.6. The van der Waals surface area contributed by atoms with Gasteiger partial charge in [0.15, 0.2) is 5.79 Å². The first-order valence-corrected chi connectivity index (χ1v) is 12.8. The largest absolute Gasteiger partial charge is 0.348 e. The lowest BCUT2D eigenvalue weighted by Crippen LogP contribution is -2.35. The average Bonchev–Trinajstić information content (AvgIpc) is 3.59. The van der Waals surface area contributed by atoms with Gasteiger partial charge < -0.3 is 9.47 Å². The number of ether oxygens (including phenoxy) is 2. The monoisotopic (exact) mass is 481 g/mol. The van der Waals surface area contributed by atoms with Crippen LogP contribution in [0.2, 0.25) is 0 Å².